The first kappa shape index (κ1) is 16.9. The first-order valence-electron chi connectivity index (χ1n) is 8.02. The Hall–Kier alpha value is -1.93. The lowest BCUT2D eigenvalue weighted by atomic mass is 10.1. The van der Waals surface area contributed by atoms with E-state index in [4.69, 9.17) is 0 Å². The van der Waals surface area contributed by atoms with Crippen molar-refractivity contribution in [3.8, 4) is 0 Å². The number of imidazole rings is 1. The van der Waals surface area contributed by atoms with Crippen molar-refractivity contribution in [2.24, 2.45) is 7.05 Å². The minimum atomic E-state index is -3.58. The normalized spacial score (nSPS) is 19.0. The standard InChI is InChI=1S/C16H23N5O2S/c1-13-6-4-8-15(18-13)21-9-5-7-14(10-21)20(3)24(22,23)16-11-19(2)12-17-16/h4,6,8,11-12,14H,5,7,9-10H2,1-3H3. The van der Waals surface area contributed by atoms with Crippen molar-refractivity contribution in [1.29, 1.82) is 0 Å². The number of piperidine rings is 1. The first-order chi connectivity index (χ1) is 11.4. The summed E-state index contributed by atoms with van der Waals surface area (Å²) < 4.78 is 28.6. The number of aryl methyl sites for hydroxylation is 2. The van der Waals surface area contributed by atoms with E-state index in [0.717, 1.165) is 30.9 Å². The summed E-state index contributed by atoms with van der Waals surface area (Å²) in [5, 5.41) is 0.0957. The van der Waals surface area contributed by atoms with Crippen molar-refractivity contribution in [2.45, 2.75) is 30.8 Å². The highest BCUT2D eigenvalue weighted by atomic mass is 32.2. The van der Waals surface area contributed by atoms with Crippen LogP contribution in [0.2, 0.25) is 0 Å². The van der Waals surface area contributed by atoms with Gasteiger partial charge in [-0.2, -0.15) is 4.31 Å². The Kier molecular flexibility index (Phi) is 4.60. The van der Waals surface area contributed by atoms with E-state index >= 15 is 0 Å². The molecule has 1 fully saturated rings. The largest absolute Gasteiger partial charge is 0.355 e. The number of hydrogen-bond acceptors (Lipinski definition) is 5. The molecule has 0 amide bonds. The molecule has 1 saturated heterocycles. The number of nitrogens with zero attached hydrogens (tertiary/aromatic N) is 5. The van der Waals surface area contributed by atoms with E-state index in [9.17, 15) is 8.42 Å². The second kappa shape index (κ2) is 6.52. The molecule has 0 aromatic carbocycles. The SMILES string of the molecule is Cc1cccc(N2CCCC(N(C)S(=O)(=O)c3cn(C)cn3)C2)n1. The van der Waals surface area contributed by atoms with Gasteiger partial charge in [-0.3, -0.25) is 0 Å². The lowest BCUT2D eigenvalue weighted by molar-refractivity contribution is 0.318. The summed E-state index contributed by atoms with van der Waals surface area (Å²) >= 11 is 0. The van der Waals surface area contributed by atoms with Crippen LogP contribution in [0.3, 0.4) is 0 Å². The molecule has 1 unspecified atom stereocenters. The van der Waals surface area contributed by atoms with E-state index in [1.807, 2.05) is 25.1 Å². The molecule has 0 N–H and O–H groups in total. The second-order valence-electron chi connectivity index (χ2n) is 6.28. The minimum absolute atomic E-state index is 0.0898. The maximum atomic E-state index is 12.8. The maximum Gasteiger partial charge on any atom is 0.262 e. The molecule has 130 valence electrons. The summed E-state index contributed by atoms with van der Waals surface area (Å²) in [5.74, 6) is 0.906. The highest BCUT2D eigenvalue weighted by Gasteiger charge is 2.33. The van der Waals surface area contributed by atoms with Crippen molar-refractivity contribution < 1.29 is 8.42 Å². The van der Waals surface area contributed by atoms with Gasteiger partial charge in [-0.15, -0.1) is 0 Å². The molecule has 1 aliphatic heterocycles. The molecule has 0 aliphatic carbocycles. The molecule has 0 bridgehead atoms. The molecule has 0 radical (unpaired) electrons. The quantitative estimate of drug-likeness (QED) is 0.835. The van der Waals surface area contributed by atoms with Gasteiger partial charge in [-0.1, -0.05) is 6.07 Å². The van der Waals surface area contributed by atoms with Crippen molar-refractivity contribution in [3.05, 3.63) is 36.4 Å². The van der Waals surface area contributed by atoms with Crippen LogP contribution in [0.1, 0.15) is 18.5 Å². The van der Waals surface area contributed by atoms with Crippen molar-refractivity contribution in [1.82, 2.24) is 18.8 Å². The zero-order chi connectivity index (χ0) is 17.3. The van der Waals surface area contributed by atoms with Crippen molar-refractivity contribution in [2.75, 3.05) is 25.0 Å². The summed E-state index contributed by atoms with van der Waals surface area (Å²) in [5.41, 5.74) is 0.962. The van der Waals surface area contributed by atoms with E-state index in [1.54, 1.807) is 18.7 Å². The van der Waals surface area contributed by atoms with E-state index in [0.29, 0.717) is 6.54 Å². The average Bonchev–Trinajstić information content (AvgIpc) is 3.01. The Bertz CT molecular complexity index is 817. The van der Waals surface area contributed by atoms with Crippen LogP contribution in [0.4, 0.5) is 5.82 Å². The molecular weight excluding hydrogens is 326 g/mol. The van der Waals surface area contributed by atoms with Gasteiger partial charge in [0.05, 0.1) is 6.33 Å². The van der Waals surface area contributed by atoms with Crippen molar-refractivity contribution >= 4 is 15.8 Å². The molecule has 24 heavy (non-hydrogen) atoms. The van der Waals surface area contributed by atoms with Crippen LogP contribution < -0.4 is 4.90 Å². The van der Waals surface area contributed by atoms with Crippen LogP contribution in [-0.2, 0) is 17.1 Å². The Morgan fingerprint density at radius 2 is 2.12 bits per heavy atom. The average molecular weight is 349 g/mol. The fourth-order valence-electron chi connectivity index (χ4n) is 3.03. The molecular formula is C16H23N5O2S. The number of aromatic nitrogens is 3. The molecule has 3 rings (SSSR count). The number of likely N-dealkylation sites (N-methyl/N-ethyl adjacent to an activating group) is 1. The van der Waals surface area contributed by atoms with Gasteiger partial charge in [0, 0.05) is 45.1 Å². The molecule has 2 aromatic rings. The fourth-order valence-corrected chi connectivity index (χ4v) is 4.37. The number of hydrogen-bond donors (Lipinski definition) is 0. The zero-order valence-electron chi connectivity index (χ0n) is 14.3. The van der Waals surface area contributed by atoms with E-state index in [1.165, 1.54) is 16.8 Å². The summed E-state index contributed by atoms with van der Waals surface area (Å²) in [6.45, 7) is 3.49. The summed E-state index contributed by atoms with van der Waals surface area (Å²) in [7, 11) is -0.175. The topological polar surface area (TPSA) is 71.3 Å². The van der Waals surface area contributed by atoms with Gasteiger partial charge < -0.3 is 9.47 Å². The smallest absolute Gasteiger partial charge is 0.262 e. The van der Waals surface area contributed by atoms with E-state index in [2.05, 4.69) is 14.9 Å². The van der Waals surface area contributed by atoms with Gasteiger partial charge in [-0.05, 0) is 31.9 Å². The summed E-state index contributed by atoms with van der Waals surface area (Å²) in [4.78, 5) is 10.7. The Balaban J connectivity index is 1.79. The molecule has 1 atom stereocenters. The Labute approximate surface area is 143 Å². The lowest BCUT2D eigenvalue weighted by Crippen LogP contribution is -2.48. The van der Waals surface area contributed by atoms with Gasteiger partial charge >= 0.3 is 0 Å². The first-order valence-corrected chi connectivity index (χ1v) is 9.46. The Morgan fingerprint density at radius 1 is 1.33 bits per heavy atom. The fraction of sp³-hybridized carbons (Fsp3) is 0.500. The molecule has 0 spiro atoms. The summed E-state index contributed by atoms with van der Waals surface area (Å²) in [6, 6.07) is 5.83. The third-order valence-corrected chi connectivity index (χ3v) is 6.23. The summed E-state index contributed by atoms with van der Waals surface area (Å²) in [6.07, 6.45) is 4.81. The molecule has 8 heteroatoms. The van der Waals surface area contributed by atoms with Gasteiger partial charge in [0.25, 0.3) is 10.0 Å². The van der Waals surface area contributed by atoms with E-state index in [-0.39, 0.29) is 11.1 Å². The van der Waals surface area contributed by atoms with Crippen LogP contribution in [0, 0.1) is 6.92 Å². The van der Waals surface area contributed by atoms with Crippen LogP contribution >= 0.6 is 0 Å². The third-order valence-electron chi connectivity index (χ3n) is 4.43. The van der Waals surface area contributed by atoms with Gasteiger partial charge in [0.15, 0.2) is 5.03 Å². The lowest BCUT2D eigenvalue weighted by Gasteiger charge is -2.37. The third kappa shape index (κ3) is 3.29. The van der Waals surface area contributed by atoms with Gasteiger partial charge in [-0.25, -0.2) is 18.4 Å². The predicted molar refractivity (Wildman–Crippen MR) is 92.4 cm³/mol. The van der Waals surface area contributed by atoms with E-state index < -0.39 is 10.0 Å². The number of anilines is 1. The zero-order valence-corrected chi connectivity index (χ0v) is 15.1. The second-order valence-corrected chi connectivity index (χ2v) is 8.22. The van der Waals surface area contributed by atoms with Gasteiger partial charge in [0.2, 0.25) is 0 Å². The monoisotopic (exact) mass is 349 g/mol. The highest BCUT2D eigenvalue weighted by Crippen LogP contribution is 2.24. The minimum Gasteiger partial charge on any atom is -0.355 e. The van der Waals surface area contributed by atoms with Gasteiger partial charge in [0.1, 0.15) is 5.82 Å². The highest BCUT2D eigenvalue weighted by molar-refractivity contribution is 7.89. The number of sulfonamides is 1. The number of rotatable bonds is 4. The van der Waals surface area contributed by atoms with Crippen LogP contribution in [0.25, 0.3) is 0 Å². The van der Waals surface area contributed by atoms with Crippen LogP contribution in [0.5, 0.6) is 0 Å². The Morgan fingerprint density at radius 3 is 2.79 bits per heavy atom. The molecule has 3 heterocycles. The molecule has 0 saturated carbocycles. The van der Waals surface area contributed by atoms with Crippen LogP contribution in [0.15, 0.2) is 35.7 Å². The molecule has 2 aromatic heterocycles. The maximum absolute atomic E-state index is 12.8. The van der Waals surface area contributed by atoms with Crippen LogP contribution in [-0.4, -0.2) is 53.4 Å². The molecule has 7 nitrogen and oxygen atoms in total. The molecule has 1 aliphatic rings. The van der Waals surface area contributed by atoms with Crippen molar-refractivity contribution in [3.63, 3.8) is 0 Å². The predicted octanol–water partition coefficient (Wildman–Crippen LogP) is 1.41. The number of pyridine rings is 1.